The molecule has 0 aromatic heterocycles. The highest BCUT2D eigenvalue weighted by Crippen LogP contribution is 2.16. The molecule has 0 aromatic rings. The van der Waals surface area contributed by atoms with Gasteiger partial charge in [-0.15, -0.1) is 0 Å². The molecular formula is C71H141N3O40. The molecule has 114 heavy (non-hydrogen) atoms. The number of hydrogen-bond donors (Lipinski definition) is 12. The van der Waals surface area contributed by atoms with Gasteiger partial charge >= 0.3 is 5.97 Å². The van der Waals surface area contributed by atoms with Crippen LogP contribution in [0.4, 0.5) is 0 Å². The summed E-state index contributed by atoms with van der Waals surface area (Å²) in [6.45, 7) is 22.1. The predicted molar refractivity (Wildman–Crippen MR) is 399 cm³/mol. The number of cyclic esters (lactones) is 1. The van der Waals surface area contributed by atoms with Crippen LogP contribution in [0.15, 0.2) is 0 Å². The van der Waals surface area contributed by atoms with Crippen LogP contribution in [0.3, 0.4) is 0 Å². The topological polar surface area (TPSA) is 550 Å². The Kier molecular flexibility index (Phi) is 90.9. The minimum atomic E-state index is -1.95. The van der Waals surface area contributed by atoms with Gasteiger partial charge in [0.1, 0.15) is 49.8 Å². The Morgan fingerprint density at radius 2 is 0.579 bits per heavy atom. The van der Waals surface area contributed by atoms with Crippen LogP contribution in [-0.4, -0.2) is 496 Å². The van der Waals surface area contributed by atoms with Crippen LogP contribution < -0.4 is 16.4 Å². The van der Waals surface area contributed by atoms with Crippen LogP contribution in [0.5, 0.6) is 0 Å². The van der Waals surface area contributed by atoms with E-state index in [0.29, 0.717) is 317 Å². The first-order valence-electron chi connectivity index (χ1n) is 38.5. The first kappa shape index (κ1) is 113. The van der Waals surface area contributed by atoms with E-state index in [1.54, 1.807) is 14.2 Å². The van der Waals surface area contributed by atoms with E-state index in [9.17, 15) is 39.6 Å². The van der Waals surface area contributed by atoms with E-state index in [0.717, 1.165) is 0 Å². The lowest BCUT2D eigenvalue weighted by atomic mass is 9.98. The van der Waals surface area contributed by atoms with Crippen molar-refractivity contribution in [2.45, 2.75) is 61.7 Å². The molecule has 1 aliphatic rings. The SMILES string of the molecule is COCCOCCOCCOCCOCCOCCOCCOCCOCCOCCOCCOCCOCC(=O)NCCCC(=O)C(O)C(O)C(O)C(O)CO.COCCOCCOCCOCCOCCOCCOCCOCCOCCOCCOCCOCCOCC(=O)NCCN.O=C1OC(CO)C(O)C(O)C1O. The van der Waals surface area contributed by atoms with Gasteiger partial charge in [-0.05, 0) is 6.42 Å². The minimum absolute atomic E-state index is 0.00235. The molecule has 1 aliphatic heterocycles. The van der Waals surface area contributed by atoms with Crippen LogP contribution in [0.25, 0.3) is 0 Å². The zero-order valence-corrected chi connectivity index (χ0v) is 67.2. The smallest absolute Gasteiger partial charge is 0.338 e. The van der Waals surface area contributed by atoms with E-state index in [4.69, 9.17) is 154 Å². The lowest BCUT2D eigenvalue weighted by Gasteiger charge is -2.32. The summed E-state index contributed by atoms with van der Waals surface area (Å²) in [6, 6.07) is 0. The van der Waals surface area contributed by atoms with Crippen molar-refractivity contribution in [3.8, 4) is 0 Å². The van der Waals surface area contributed by atoms with Crippen molar-refractivity contribution >= 4 is 23.6 Å². The van der Waals surface area contributed by atoms with E-state index < -0.39 is 79.7 Å². The summed E-state index contributed by atoms with van der Waals surface area (Å²) in [5, 5.41) is 87.8. The first-order valence-corrected chi connectivity index (χ1v) is 38.5. The summed E-state index contributed by atoms with van der Waals surface area (Å²) in [6.07, 6.45) is -13.4. The Bertz CT molecular complexity index is 2000. The molecule has 13 N–H and O–H groups in total. The van der Waals surface area contributed by atoms with Crippen molar-refractivity contribution in [3.63, 3.8) is 0 Å². The first-order chi connectivity index (χ1) is 55.7. The summed E-state index contributed by atoms with van der Waals surface area (Å²) in [4.78, 5) is 45.7. The van der Waals surface area contributed by atoms with E-state index in [2.05, 4.69) is 15.4 Å². The molecular weight excluding hydrogens is 1530 g/mol. The summed E-state index contributed by atoms with van der Waals surface area (Å²) in [5.41, 5.74) is 5.30. The molecule has 1 heterocycles. The Hall–Kier alpha value is -3.36. The molecule has 0 saturated carbocycles. The third-order valence-corrected chi connectivity index (χ3v) is 14.2. The number of ether oxygens (including phenoxy) is 27. The number of methoxy groups -OCH3 is 2. The number of aliphatic hydroxyl groups excluding tert-OH is 9. The molecule has 0 radical (unpaired) electrons. The van der Waals surface area contributed by atoms with Crippen molar-refractivity contribution in [1.82, 2.24) is 10.6 Å². The normalized spacial score (nSPS) is 15.9. The maximum Gasteiger partial charge on any atom is 0.338 e. The predicted octanol–water partition coefficient (Wildman–Crippen LogP) is -7.37. The van der Waals surface area contributed by atoms with Gasteiger partial charge in [-0.25, -0.2) is 4.79 Å². The number of nitrogens with two attached hydrogens (primary N) is 1. The van der Waals surface area contributed by atoms with E-state index in [1.165, 1.54) is 0 Å². The number of carbonyl (C=O) groups excluding carboxylic acids is 4. The van der Waals surface area contributed by atoms with E-state index >= 15 is 0 Å². The van der Waals surface area contributed by atoms with E-state index in [-0.39, 0.29) is 51.7 Å². The molecule has 43 heteroatoms. The molecule has 1 rings (SSSR count). The van der Waals surface area contributed by atoms with E-state index in [1.807, 2.05) is 0 Å². The maximum absolute atomic E-state index is 11.9. The minimum Gasteiger partial charge on any atom is -0.455 e. The molecule has 43 nitrogen and oxygen atoms in total. The van der Waals surface area contributed by atoms with Gasteiger partial charge in [0.05, 0.1) is 330 Å². The number of rotatable bonds is 88. The summed E-state index contributed by atoms with van der Waals surface area (Å²) in [7, 11) is 3.28. The van der Waals surface area contributed by atoms with Crippen LogP contribution in [0.2, 0.25) is 0 Å². The van der Waals surface area contributed by atoms with Crippen molar-refractivity contribution < 1.29 is 193 Å². The van der Waals surface area contributed by atoms with Gasteiger partial charge in [0, 0.05) is 40.3 Å². The summed E-state index contributed by atoms with van der Waals surface area (Å²) >= 11 is 0. The summed E-state index contributed by atoms with van der Waals surface area (Å²) in [5.74, 6) is -2.40. The van der Waals surface area contributed by atoms with Crippen molar-refractivity contribution in [3.05, 3.63) is 0 Å². The molecule has 0 bridgehead atoms. The van der Waals surface area contributed by atoms with Crippen LogP contribution in [0.1, 0.15) is 12.8 Å². The molecule has 1 fully saturated rings. The quantitative estimate of drug-likeness (QED) is 0.0199. The molecule has 0 spiro atoms. The average Bonchev–Trinajstić information content (AvgIpc) is 0.831. The molecule has 680 valence electrons. The molecule has 2 amide bonds. The van der Waals surface area contributed by atoms with Crippen molar-refractivity contribution in [1.29, 1.82) is 0 Å². The number of amides is 2. The second-order valence-electron chi connectivity index (χ2n) is 23.4. The number of ketones is 1. The fourth-order valence-electron chi connectivity index (χ4n) is 8.10. The second kappa shape index (κ2) is 91.9. The number of aliphatic hydroxyl groups is 9. The second-order valence-corrected chi connectivity index (χ2v) is 23.4. The Morgan fingerprint density at radius 3 is 0.798 bits per heavy atom. The van der Waals surface area contributed by atoms with Gasteiger partial charge in [0.2, 0.25) is 11.8 Å². The number of esters is 1. The molecule has 8 unspecified atom stereocenters. The number of carbonyl (C=O) groups is 4. The third kappa shape index (κ3) is 79.7. The number of nitrogens with one attached hydrogen (secondary N) is 2. The van der Waals surface area contributed by atoms with Gasteiger partial charge in [-0.2, -0.15) is 0 Å². The average molecular weight is 1680 g/mol. The third-order valence-electron chi connectivity index (χ3n) is 14.2. The lowest BCUT2D eigenvalue weighted by molar-refractivity contribution is -0.206. The molecule has 0 aliphatic carbocycles. The lowest BCUT2D eigenvalue weighted by Crippen LogP contribution is -2.56. The van der Waals surface area contributed by atoms with Gasteiger partial charge < -0.3 is 190 Å². The highest BCUT2D eigenvalue weighted by molar-refractivity contribution is 5.83. The fraction of sp³-hybridized carbons (Fsp3) is 0.944. The van der Waals surface area contributed by atoms with Crippen LogP contribution in [-0.2, 0) is 147 Å². The maximum atomic E-state index is 11.9. The Morgan fingerprint density at radius 1 is 0.351 bits per heavy atom. The van der Waals surface area contributed by atoms with Crippen LogP contribution >= 0.6 is 0 Å². The zero-order valence-electron chi connectivity index (χ0n) is 67.2. The van der Waals surface area contributed by atoms with Crippen molar-refractivity contribution in [2.75, 3.05) is 377 Å². The molecule has 0 aromatic carbocycles. The number of Topliss-reactive ketones (excluding diaryl/α,β-unsaturated/α-hetero) is 1. The molecule has 8 atom stereocenters. The van der Waals surface area contributed by atoms with Gasteiger partial charge in [-0.1, -0.05) is 0 Å². The fourth-order valence-corrected chi connectivity index (χ4v) is 8.10. The Balaban J connectivity index is 0. The Labute approximate surface area is 670 Å². The summed E-state index contributed by atoms with van der Waals surface area (Å²) < 4.78 is 144. The standard InChI is InChI=1S/C36H71NO20.C29H60N2O14.C6H10O6/c1-45-5-6-46-7-8-47-9-10-48-11-12-49-13-14-50-15-16-51-17-18-52-19-20-53-21-22-54-23-24-55-25-26-56-27-28-57-30-33(41)37-4-2-3-31(39)34(42)36(44)35(43)32(40)29-38;1-33-4-5-34-6-7-35-8-9-36-10-11-37-12-13-38-14-15-39-16-17-40-18-19-41-20-21-42-22-23-43-24-25-44-26-27-45-28-29(32)31-3-2-30;7-1-2-3(8)4(9)5(10)6(11)12-2/h32,34-36,38,40,42-44H,2-30H2,1H3,(H,37,41);2-28,30H2,1H3,(H,31,32);2-5,7-10H,1H2. The highest BCUT2D eigenvalue weighted by Gasteiger charge is 2.43. The highest BCUT2D eigenvalue weighted by atomic mass is 16.6. The molecule has 1 saturated heterocycles. The van der Waals surface area contributed by atoms with Gasteiger partial charge in [0.25, 0.3) is 0 Å². The zero-order chi connectivity index (χ0) is 83.7. The van der Waals surface area contributed by atoms with Gasteiger partial charge in [0.15, 0.2) is 18.0 Å². The number of hydrogen-bond acceptors (Lipinski definition) is 41. The van der Waals surface area contributed by atoms with Gasteiger partial charge in [-0.3, -0.25) is 14.4 Å². The monoisotopic (exact) mass is 1680 g/mol. The largest absolute Gasteiger partial charge is 0.455 e. The van der Waals surface area contributed by atoms with Crippen molar-refractivity contribution in [2.24, 2.45) is 5.73 Å². The van der Waals surface area contributed by atoms with Crippen LogP contribution in [0, 0.1) is 0 Å².